The van der Waals surface area contributed by atoms with E-state index >= 15 is 0 Å². The molecule has 0 fully saturated rings. The fourth-order valence-electron chi connectivity index (χ4n) is 0. The van der Waals surface area contributed by atoms with Gasteiger partial charge in [0.15, 0.2) is 6.17 Å². The van der Waals surface area contributed by atoms with Crippen LogP contribution in [0.5, 0.6) is 0 Å². The van der Waals surface area contributed by atoms with Crippen LogP contribution in [0.15, 0.2) is 0 Å². The summed E-state index contributed by atoms with van der Waals surface area (Å²) in [6.45, 7) is 1.10. The van der Waals surface area contributed by atoms with Gasteiger partial charge in [-0.2, -0.15) is 0 Å². The van der Waals surface area contributed by atoms with Crippen LogP contribution in [0.3, 0.4) is 0 Å². The molecule has 0 aromatic rings. The number of carbonyl (C=O) groups excluding carboxylic acids is 1. The van der Waals surface area contributed by atoms with Crippen molar-refractivity contribution in [2.75, 3.05) is 0 Å². The van der Waals surface area contributed by atoms with Crippen LogP contribution in [0.25, 0.3) is 0 Å². The second-order valence-electron chi connectivity index (χ2n) is 1.02. The molecule has 0 aliphatic heterocycles. The zero-order chi connectivity index (χ0) is 5.15. The maximum atomic E-state index is 11.3. The number of hydrogen-bond donors (Lipinski definition) is 1. The summed E-state index contributed by atoms with van der Waals surface area (Å²) in [5.41, 5.74) is 4.42. The number of halogens is 1. The molecule has 0 saturated heterocycles. The van der Waals surface area contributed by atoms with Gasteiger partial charge in [-0.05, 0) is 6.92 Å². The highest BCUT2D eigenvalue weighted by Crippen LogP contribution is 1.80. The second-order valence-corrected chi connectivity index (χ2v) is 1.02. The van der Waals surface area contributed by atoms with Crippen LogP contribution < -0.4 is 5.73 Å². The molecule has 2 nitrogen and oxygen atoms in total. The van der Waals surface area contributed by atoms with Crippen LogP contribution in [0.4, 0.5) is 4.39 Å². The van der Waals surface area contributed by atoms with E-state index in [0.29, 0.717) is 0 Å². The molecule has 0 aliphatic carbocycles. The molecule has 0 bridgehead atoms. The van der Waals surface area contributed by atoms with Gasteiger partial charge in [0.25, 0.3) is 5.91 Å². The second kappa shape index (κ2) is 1.74. The van der Waals surface area contributed by atoms with Crippen molar-refractivity contribution in [3.63, 3.8) is 0 Å². The highest BCUT2D eigenvalue weighted by Gasteiger charge is 2.01. The summed E-state index contributed by atoms with van der Waals surface area (Å²) >= 11 is 0. The topological polar surface area (TPSA) is 43.1 Å². The number of carbonyl (C=O) groups is 1. The van der Waals surface area contributed by atoms with Gasteiger partial charge in [-0.1, -0.05) is 0 Å². The minimum absolute atomic E-state index is 0.907. The van der Waals surface area contributed by atoms with Crippen LogP contribution in [-0.4, -0.2) is 12.1 Å². The summed E-state index contributed by atoms with van der Waals surface area (Å²) in [7, 11) is 0. The Morgan fingerprint density at radius 3 is 2.17 bits per heavy atom. The van der Waals surface area contributed by atoms with Gasteiger partial charge in [-0.3, -0.25) is 4.79 Å². The van der Waals surface area contributed by atoms with E-state index in [9.17, 15) is 9.18 Å². The Morgan fingerprint density at radius 1 is 2.00 bits per heavy atom. The van der Waals surface area contributed by atoms with E-state index < -0.39 is 12.1 Å². The quantitative estimate of drug-likeness (QED) is 0.478. The molecule has 0 radical (unpaired) electrons. The average Bonchev–Trinajstić information content (AvgIpc) is 1.36. The fourth-order valence-corrected chi connectivity index (χ4v) is 0. The van der Waals surface area contributed by atoms with Crippen molar-refractivity contribution >= 4 is 5.91 Å². The Bertz CT molecular complexity index is 61.8. The molecule has 0 spiro atoms. The summed E-state index contributed by atoms with van der Waals surface area (Å²) in [5.74, 6) is -0.907. The van der Waals surface area contributed by atoms with Crippen LogP contribution in [-0.2, 0) is 4.79 Å². The molecule has 36 valence electrons. The maximum absolute atomic E-state index is 11.3. The molecule has 0 unspecified atom stereocenters. The summed E-state index contributed by atoms with van der Waals surface area (Å²) < 4.78 is 11.3. The first-order valence-electron chi connectivity index (χ1n) is 1.58. The zero-order valence-corrected chi connectivity index (χ0v) is 3.44. The van der Waals surface area contributed by atoms with Crippen LogP contribution >= 0.6 is 0 Å². The standard InChI is InChI=1S/C3H6FNO/c1-2(4)3(5)6/h2H,1H3,(H2,5,6)/t2-/m1/s1. The monoisotopic (exact) mass is 91.0 g/mol. The van der Waals surface area contributed by atoms with Crippen LogP contribution in [0.2, 0.25) is 0 Å². The number of nitrogens with two attached hydrogens (primary N) is 1. The molecule has 1 amide bonds. The third-order valence-electron chi connectivity index (χ3n) is 0.392. The normalized spacial score (nSPS) is 13.7. The van der Waals surface area contributed by atoms with Gasteiger partial charge in [-0.25, -0.2) is 4.39 Å². The van der Waals surface area contributed by atoms with E-state index in [0.717, 1.165) is 6.92 Å². The summed E-state index contributed by atoms with van der Waals surface area (Å²) in [6, 6.07) is 0. The van der Waals surface area contributed by atoms with E-state index in [4.69, 9.17) is 0 Å². The third kappa shape index (κ3) is 1.69. The lowest BCUT2D eigenvalue weighted by Gasteiger charge is -1.86. The largest absolute Gasteiger partial charge is 0.367 e. The highest BCUT2D eigenvalue weighted by molar-refractivity contribution is 5.78. The Morgan fingerprint density at radius 2 is 2.17 bits per heavy atom. The van der Waals surface area contributed by atoms with E-state index in [1.165, 1.54) is 0 Å². The molecule has 3 heteroatoms. The molecule has 0 saturated carbocycles. The molecule has 0 heterocycles. The number of rotatable bonds is 1. The first kappa shape index (κ1) is 5.40. The fraction of sp³-hybridized carbons (Fsp3) is 0.667. The Hall–Kier alpha value is -0.600. The summed E-state index contributed by atoms with van der Waals surface area (Å²) in [4.78, 5) is 9.55. The van der Waals surface area contributed by atoms with Crippen LogP contribution in [0.1, 0.15) is 6.92 Å². The van der Waals surface area contributed by atoms with Gasteiger partial charge >= 0.3 is 0 Å². The van der Waals surface area contributed by atoms with E-state index in [2.05, 4.69) is 5.73 Å². The zero-order valence-electron chi connectivity index (χ0n) is 3.44. The first-order valence-corrected chi connectivity index (χ1v) is 1.58. The minimum atomic E-state index is -1.51. The number of primary amides is 1. The van der Waals surface area contributed by atoms with Gasteiger partial charge in [-0.15, -0.1) is 0 Å². The SMILES string of the molecule is C[C@@H](F)C(N)=O. The van der Waals surface area contributed by atoms with Gasteiger partial charge in [0.2, 0.25) is 0 Å². The smallest absolute Gasteiger partial charge is 0.251 e. The van der Waals surface area contributed by atoms with Crippen molar-refractivity contribution in [3.05, 3.63) is 0 Å². The lowest BCUT2D eigenvalue weighted by molar-refractivity contribution is -0.122. The number of hydrogen-bond acceptors (Lipinski definition) is 1. The molecule has 2 N–H and O–H groups in total. The van der Waals surface area contributed by atoms with Crippen molar-refractivity contribution < 1.29 is 9.18 Å². The Kier molecular flexibility index (Phi) is 1.57. The predicted octanol–water partition coefficient (Wildman–Crippen LogP) is -0.170. The van der Waals surface area contributed by atoms with Gasteiger partial charge in [0.05, 0.1) is 0 Å². The Labute approximate surface area is 35.1 Å². The average molecular weight is 91.1 g/mol. The number of alkyl halides is 1. The van der Waals surface area contributed by atoms with Crippen LogP contribution in [0, 0.1) is 0 Å². The molecule has 0 aliphatic rings. The van der Waals surface area contributed by atoms with Crippen molar-refractivity contribution in [1.29, 1.82) is 0 Å². The predicted molar refractivity (Wildman–Crippen MR) is 19.8 cm³/mol. The molecule has 0 aromatic carbocycles. The summed E-state index contributed by atoms with van der Waals surface area (Å²) in [6.07, 6.45) is -1.51. The highest BCUT2D eigenvalue weighted by atomic mass is 19.1. The first-order chi connectivity index (χ1) is 2.64. The van der Waals surface area contributed by atoms with Gasteiger partial charge in [0.1, 0.15) is 0 Å². The summed E-state index contributed by atoms with van der Waals surface area (Å²) in [5, 5.41) is 0. The van der Waals surface area contributed by atoms with Gasteiger partial charge < -0.3 is 5.73 Å². The molecular weight excluding hydrogens is 85.0 g/mol. The minimum Gasteiger partial charge on any atom is -0.367 e. The molecule has 1 atom stereocenters. The molecular formula is C3H6FNO. The van der Waals surface area contributed by atoms with E-state index in [-0.39, 0.29) is 0 Å². The Balaban J connectivity index is 3.26. The molecule has 6 heavy (non-hydrogen) atoms. The molecule has 0 rings (SSSR count). The van der Waals surface area contributed by atoms with Crippen molar-refractivity contribution in [2.24, 2.45) is 5.73 Å². The van der Waals surface area contributed by atoms with E-state index in [1.54, 1.807) is 0 Å². The lowest BCUT2D eigenvalue weighted by Crippen LogP contribution is -2.20. The molecule has 0 aromatic heterocycles. The van der Waals surface area contributed by atoms with Crippen molar-refractivity contribution in [2.45, 2.75) is 13.1 Å². The number of amides is 1. The lowest BCUT2D eigenvalue weighted by atomic mass is 10.4. The maximum Gasteiger partial charge on any atom is 0.251 e. The van der Waals surface area contributed by atoms with Crippen molar-refractivity contribution in [3.8, 4) is 0 Å². The van der Waals surface area contributed by atoms with Gasteiger partial charge in [0, 0.05) is 0 Å². The third-order valence-corrected chi connectivity index (χ3v) is 0.392. The van der Waals surface area contributed by atoms with E-state index in [1.807, 2.05) is 0 Å². The van der Waals surface area contributed by atoms with Crippen molar-refractivity contribution in [1.82, 2.24) is 0 Å².